The fourth-order valence-corrected chi connectivity index (χ4v) is 1.29. The SMILES string of the molecule is O=CC1=CCc2ncccc21. The number of hydrogen-bond acceptors (Lipinski definition) is 2. The predicted octanol–water partition coefficient (Wildman–Crippen LogP) is 1.22. The number of carbonyl (C=O) groups excluding carboxylic acids is 1. The van der Waals surface area contributed by atoms with Gasteiger partial charge in [0, 0.05) is 23.8 Å². The maximum atomic E-state index is 10.5. The van der Waals surface area contributed by atoms with Crippen LogP contribution in [0.1, 0.15) is 11.3 Å². The molecule has 1 aliphatic carbocycles. The number of carbonyl (C=O) groups is 1. The summed E-state index contributed by atoms with van der Waals surface area (Å²) >= 11 is 0. The van der Waals surface area contributed by atoms with Crippen molar-refractivity contribution in [3.63, 3.8) is 0 Å². The van der Waals surface area contributed by atoms with Crippen molar-refractivity contribution in [3.8, 4) is 0 Å². The van der Waals surface area contributed by atoms with Gasteiger partial charge in [-0.2, -0.15) is 0 Å². The van der Waals surface area contributed by atoms with E-state index in [0.717, 1.165) is 29.5 Å². The minimum atomic E-state index is 0.771. The zero-order valence-electron chi connectivity index (χ0n) is 5.95. The number of pyridine rings is 1. The Labute approximate surface area is 64.6 Å². The molecule has 0 saturated heterocycles. The molecule has 1 heterocycles. The number of aldehydes is 1. The second kappa shape index (κ2) is 2.31. The van der Waals surface area contributed by atoms with Crippen LogP contribution in [0.2, 0.25) is 0 Å². The average molecular weight is 145 g/mol. The van der Waals surface area contributed by atoms with Gasteiger partial charge in [0.1, 0.15) is 6.29 Å². The lowest BCUT2D eigenvalue weighted by atomic mass is 10.1. The molecule has 0 saturated carbocycles. The molecular weight excluding hydrogens is 138 g/mol. The molecule has 2 heteroatoms. The molecule has 0 spiro atoms. The van der Waals surface area contributed by atoms with Gasteiger partial charge in [-0.1, -0.05) is 12.1 Å². The largest absolute Gasteiger partial charge is 0.298 e. The van der Waals surface area contributed by atoms with Gasteiger partial charge < -0.3 is 0 Å². The highest BCUT2D eigenvalue weighted by atomic mass is 16.1. The van der Waals surface area contributed by atoms with Crippen LogP contribution in [-0.2, 0) is 11.2 Å². The molecular formula is C9H7NO. The molecule has 11 heavy (non-hydrogen) atoms. The number of allylic oxidation sites excluding steroid dienone is 2. The monoisotopic (exact) mass is 145 g/mol. The Morgan fingerprint density at radius 3 is 3.27 bits per heavy atom. The van der Waals surface area contributed by atoms with Crippen molar-refractivity contribution in [2.45, 2.75) is 6.42 Å². The normalized spacial score (nSPS) is 14.0. The predicted molar refractivity (Wildman–Crippen MR) is 42.0 cm³/mol. The Balaban J connectivity index is 2.56. The summed E-state index contributed by atoms with van der Waals surface area (Å²) in [6.45, 7) is 0. The summed E-state index contributed by atoms with van der Waals surface area (Å²) in [5.74, 6) is 0. The molecule has 0 aliphatic heterocycles. The lowest BCUT2D eigenvalue weighted by Crippen LogP contribution is -1.87. The first kappa shape index (κ1) is 6.28. The molecule has 2 rings (SSSR count). The topological polar surface area (TPSA) is 30.0 Å². The first-order chi connectivity index (χ1) is 5.42. The number of aromatic nitrogens is 1. The number of rotatable bonds is 1. The van der Waals surface area contributed by atoms with E-state index in [1.54, 1.807) is 6.20 Å². The highest BCUT2D eigenvalue weighted by Gasteiger charge is 2.12. The van der Waals surface area contributed by atoms with Crippen LogP contribution < -0.4 is 0 Å². The van der Waals surface area contributed by atoms with E-state index in [1.165, 1.54) is 0 Å². The third-order valence-corrected chi connectivity index (χ3v) is 1.84. The fourth-order valence-electron chi connectivity index (χ4n) is 1.29. The molecule has 1 aliphatic rings. The van der Waals surface area contributed by atoms with E-state index >= 15 is 0 Å². The number of fused-ring (bicyclic) bond motifs is 1. The van der Waals surface area contributed by atoms with Crippen LogP contribution in [-0.4, -0.2) is 11.3 Å². The zero-order valence-corrected chi connectivity index (χ0v) is 5.95. The van der Waals surface area contributed by atoms with Gasteiger partial charge >= 0.3 is 0 Å². The molecule has 0 fully saturated rings. The molecule has 0 radical (unpaired) electrons. The molecule has 1 aromatic rings. The second-order valence-electron chi connectivity index (χ2n) is 2.48. The van der Waals surface area contributed by atoms with Crippen molar-refractivity contribution in [2.24, 2.45) is 0 Å². The minimum Gasteiger partial charge on any atom is -0.298 e. The van der Waals surface area contributed by atoms with Gasteiger partial charge in [-0.25, -0.2) is 0 Å². The summed E-state index contributed by atoms with van der Waals surface area (Å²) < 4.78 is 0. The smallest absolute Gasteiger partial charge is 0.150 e. The third kappa shape index (κ3) is 0.871. The zero-order chi connectivity index (χ0) is 7.68. The van der Waals surface area contributed by atoms with Gasteiger partial charge in [0.05, 0.1) is 5.69 Å². The van der Waals surface area contributed by atoms with Crippen LogP contribution in [0.5, 0.6) is 0 Å². The van der Waals surface area contributed by atoms with Crippen molar-refractivity contribution >= 4 is 11.9 Å². The first-order valence-electron chi connectivity index (χ1n) is 3.51. The van der Waals surface area contributed by atoms with E-state index in [2.05, 4.69) is 4.98 Å². The van der Waals surface area contributed by atoms with Gasteiger partial charge in [0.15, 0.2) is 0 Å². The molecule has 0 atom stereocenters. The minimum absolute atomic E-state index is 0.771. The van der Waals surface area contributed by atoms with Gasteiger partial charge in [-0.3, -0.25) is 9.78 Å². The highest BCUT2D eigenvalue weighted by molar-refractivity contribution is 6.08. The molecule has 2 nitrogen and oxygen atoms in total. The molecule has 0 unspecified atom stereocenters. The van der Waals surface area contributed by atoms with Gasteiger partial charge in [-0.05, 0) is 6.07 Å². The fraction of sp³-hybridized carbons (Fsp3) is 0.111. The lowest BCUT2D eigenvalue weighted by molar-refractivity contribution is -0.103. The average Bonchev–Trinajstić information content (AvgIpc) is 2.47. The van der Waals surface area contributed by atoms with Crippen LogP contribution in [0.15, 0.2) is 24.4 Å². The van der Waals surface area contributed by atoms with Crippen molar-refractivity contribution in [2.75, 3.05) is 0 Å². The Kier molecular flexibility index (Phi) is 1.32. The standard InChI is InChI=1S/C9H7NO/c11-6-7-3-4-9-8(7)2-1-5-10-9/h1-3,5-6H,4H2. The molecule has 1 aromatic heterocycles. The summed E-state index contributed by atoms with van der Waals surface area (Å²) in [4.78, 5) is 14.6. The molecule has 0 bridgehead atoms. The molecule has 0 amide bonds. The summed E-state index contributed by atoms with van der Waals surface area (Å²) in [5.41, 5.74) is 2.77. The Bertz CT molecular complexity index is 328. The van der Waals surface area contributed by atoms with Gasteiger partial charge in [0.25, 0.3) is 0 Å². The van der Waals surface area contributed by atoms with E-state index in [0.29, 0.717) is 0 Å². The third-order valence-electron chi connectivity index (χ3n) is 1.84. The number of hydrogen-bond donors (Lipinski definition) is 0. The lowest BCUT2D eigenvalue weighted by Gasteiger charge is -1.95. The van der Waals surface area contributed by atoms with Crippen LogP contribution in [0.4, 0.5) is 0 Å². The molecule has 54 valence electrons. The van der Waals surface area contributed by atoms with Crippen LogP contribution in [0.25, 0.3) is 5.57 Å². The number of nitrogens with zero attached hydrogens (tertiary/aromatic N) is 1. The van der Waals surface area contributed by atoms with E-state index in [1.807, 2.05) is 18.2 Å². The van der Waals surface area contributed by atoms with Crippen LogP contribution >= 0.6 is 0 Å². The van der Waals surface area contributed by atoms with Gasteiger partial charge in [0.2, 0.25) is 0 Å². The van der Waals surface area contributed by atoms with Crippen molar-refractivity contribution in [3.05, 3.63) is 35.7 Å². The second-order valence-corrected chi connectivity index (χ2v) is 2.48. The van der Waals surface area contributed by atoms with E-state index in [4.69, 9.17) is 0 Å². The Morgan fingerprint density at radius 2 is 2.45 bits per heavy atom. The Hall–Kier alpha value is -1.44. The van der Waals surface area contributed by atoms with Crippen molar-refractivity contribution in [1.29, 1.82) is 0 Å². The maximum Gasteiger partial charge on any atom is 0.150 e. The van der Waals surface area contributed by atoms with E-state index < -0.39 is 0 Å². The summed E-state index contributed by atoms with van der Waals surface area (Å²) in [7, 11) is 0. The van der Waals surface area contributed by atoms with Crippen molar-refractivity contribution in [1.82, 2.24) is 4.98 Å². The van der Waals surface area contributed by atoms with E-state index in [-0.39, 0.29) is 0 Å². The molecule has 0 aromatic carbocycles. The quantitative estimate of drug-likeness (QED) is 0.556. The van der Waals surface area contributed by atoms with Crippen molar-refractivity contribution < 1.29 is 4.79 Å². The summed E-state index contributed by atoms with van der Waals surface area (Å²) in [6, 6.07) is 3.77. The highest BCUT2D eigenvalue weighted by Crippen LogP contribution is 2.22. The Morgan fingerprint density at radius 1 is 1.55 bits per heavy atom. The van der Waals surface area contributed by atoms with Crippen LogP contribution in [0, 0.1) is 0 Å². The first-order valence-corrected chi connectivity index (χ1v) is 3.51. The summed E-state index contributed by atoms with van der Waals surface area (Å²) in [5, 5.41) is 0. The van der Waals surface area contributed by atoms with Gasteiger partial charge in [-0.15, -0.1) is 0 Å². The van der Waals surface area contributed by atoms with E-state index in [9.17, 15) is 4.79 Å². The molecule has 0 N–H and O–H groups in total. The van der Waals surface area contributed by atoms with Crippen LogP contribution in [0.3, 0.4) is 0 Å². The maximum absolute atomic E-state index is 10.5. The summed E-state index contributed by atoms with van der Waals surface area (Å²) in [6.07, 6.45) is 5.34.